The van der Waals surface area contributed by atoms with Crippen LogP contribution >= 0.6 is 11.3 Å². The molecule has 0 fully saturated rings. The monoisotopic (exact) mass is 377 g/mol. The highest BCUT2D eigenvalue weighted by Gasteiger charge is 2.14. The maximum absolute atomic E-state index is 12.6. The molecule has 0 aliphatic rings. The molecular weight excluding hydrogens is 358 g/mol. The highest BCUT2D eigenvalue weighted by molar-refractivity contribution is 7.19. The van der Waals surface area contributed by atoms with Crippen molar-refractivity contribution in [1.29, 1.82) is 0 Å². The van der Waals surface area contributed by atoms with Gasteiger partial charge in [-0.2, -0.15) is 9.61 Å². The number of fused-ring (bicyclic) bond motifs is 1. The topological polar surface area (TPSA) is 72.2 Å². The van der Waals surface area contributed by atoms with Crippen LogP contribution in [0.3, 0.4) is 0 Å². The lowest BCUT2D eigenvalue weighted by molar-refractivity contribution is 0.102. The predicted molar refractivity (Wildman–Crippen MR) is 107 cm³/mol. The van der Waals surface area contributed by atoms with E-state index < -0.39 is 0 Å². The minimum Gasteiger partial charge on any atom is -0.322 e. The minimum atomic E-state index is -0.120. The van der Waals surface area contributed by atoms with Crippen LogP contribution in [0.25, 0.3) is 15.5 Å². The molecule has 0 aliphatic heterocycles. The molecule has 136 valence electrons. The second-order valence-electron chi connectivity index (χ2n) is 6.42. The molecule has 2 aromatic heterocycles. The number of hydrogen-bond acceptors (Lipinski definition) is 5. The second-order valence-corrected chi connectivity index (χ2v) is 7.38. The maximum atomic E-state index is 12.6. The van der Waals surface area contributed by atoms with Gasteiger partial charge in [0.1, 0.15) is 5.01 Å². The molecule has 0 bridgehead atoms. The van der Waals surface area contributed by atoms with Crippen LogP contribution in [0.5, 0.6) is 0 Å². The highest BCUT2D eigenvalue weighted by Crippen LogP contribution is 2.29. The zero-order valence-electron chi connectivity index (χ0n) is 15.4. The Morgan fingerprint density at radius 1 is 1.15 bits per heavy atom. The number of anilines is 1. The summed E-state index contributed by atoms with van der Waals surface area (Å²) in [7, 11) is 0. The molecular formula is C20H19N5OS. The van der Waals surface area contributed by atoms with Crippen molar-refractivity contribution in [2.75, 3.05) is 5.32 Å². The first kappa shape index (κ1) is 17.4. The van der Waals surface area contributed by atoms with Gasteiger partial charge in [0.25, 0.3) is 5.91 Å². The van der Waals surface area contributed by atoms with Crippen molar-refractivity contribution in [1.82, 2.24) is 19.8 Å². The van der Waals surface area contributed by atoms with E-state index in [4.69, 9.17) is 0 Å². The zero-order valence-corrected chi connectivity index (χ0v) is 16.2. The van der Waals surface area contributed by atoms with Crippen molar-refractivity contribution in [2.45, 2.75) is 27.2 Å². The van der Waals surface area contributed by atoms with E-state index in [1.165, 1.54) is 11.3 Å². The van der Waals surface area contributed by atoms with E-state index in [-0.39, 0.29) is 5.91 Å². The zero-order chi connectivity index (χ0) is 19.0. The Morgan fingerprint density at radius 2 is 2.00 bits per heavy atom. The molecule has 0 saturated carbocycles. The van der Waals surface area contributed by atoms with Gasteiger partial charge in [0.15, 0.2) is 5.82 Å². The standard InChI is InChI=1S/C20H19N5OS/c1-4-17-22-23-20-25(17)24-19(27-20)15-9-8-13(3)16(11-15)21-18(26)14-7-5-6-12(2)10-14/h5-11H,4H2,1-3H3,(H,21,26). The number of carbonyl (C=O) groups excluding carboxylic acids is 1. The molecule has 7 heteroatoms. The first-order valence-electron chi connectivity index (χ1n) is 8.75. The fourth-order valence-corrected chi connectivity index (χ4v) is 3.72. The summed E-state index contributed by atoms with van der Waals surface area (Å²) in [5.41, 5.74) is 4.42. The largest absolute Gasteiger partial charge is 0.322 e. The van der Waals surface area contributed by atoms with Crippen LogP contribution in [0.15, 0.2) is 42.5 Å². The Balaban J connectivity index is 1.66. The lowest BCUT2D eigenvalue weighted by atomic mass is 10.1. The van der Waals surface area contributed by atoms with Crippen molar-refractivity contribution < 1.29 is 4.79 Å². The van der Waals surface area contributed by atoms with E-state index in [2.05, 4.69) is 20.6 Å². The van der Waals surface area contributed by atoms with Crippen molar-refractivity contribution in [2.24, 2.45) is 0 Å². The average molecular weight is 377 g/mol. The van der Waals surface area contributed by atoms with Gasteiger partial charge in [-0.15, -0.1) is 10.2 Å². The number of rotatable bonds is 4. The highest BCUT2D eigenvalue weighted by atomic mass is 32.1. The molecule has 1 amide bonds. The number of benzene rings is 2. The predicted octanol–water partition coefficient (Wildman–Crippen LogP) is 4.28. The quantitative estimate of drug-likeness (QED) is 0.576. The Bertz CT molecular complexity index is 1140. The number of nitrogens with zero attached hydrogens (tertiary/aromatic N) is 4. The minimum absolute atomic E-state index is 0.120. The maximum Gasteiger partial charge on any atom is 0.255 e. The number of nitrogens with one attached hydrogen (secondary N) is 1. The lowest BCUT2D eigenvalue weighted by Crippen LogP contribution is -2.13. The molecule has 27 heavy (non-hydrogen) atoms. The van der Waals surface area contributed by atoms with Crippen LogP contribution in [0, 0.1) is 13.8 Å². The molecule has 0 radical (unpaired) electrons. The van der Waals surface area contributed by atoms with E-state index >= 15 is 0 Å². The molecule has 0 saturated heterocycles. The first-order valence-corrected chi connectivity index (χ1v) is 9.57. The molecule has 0 atom stereocenters. The van der Waals surface area contributed by atoms with E-state index in [1.807, 2.05) is 63.2 Å². The third-order valence-electron chi connectivity index (χ3n) is 4.38. The summed E-state index contributed by atoms with van der Waals surface area (Å²) < 4.78 is 1.78. The summed E-state index contributed by atoms with van der Waals surface area (Å²) in [5, 5.41) is 16.8. The van der Waals surface area contributed by atoms with E-state index in [1.54, 1.807) is 4.52 Å². The van der Waals surface area contributed by atoms with Crippen LogP contribution in [-0.4, -0.2) is 25.7 Å². The number of aryl methyl sites for hydroxylation is 3. The van der Waals surface area contributed by atoms with Crippen LogP contribution < -0.4 is 5.32 Å². The summed E-state index contributed by atoms with van der Waals surface area (Å²) in [6.45, 7) is 5.98. The third kappa shape index (κ3) is 3.33. The van der Waals surface area contributed by atoms with Gasteiger partial charge in [0.05, 0.1) is 0 Å². The van der Waals surface area contributed by atoms with Gasteiger partial charge in [-0.3, -0.25) is 4.79 Å². The number of aromatic nitrogens is 4. The van der Waals surface area contributed by atoms with E-state index in [0.717, 1.165) is 44.6 Å². The fourth-order valence-electron chi connectivity index (χ4n) is 2.87. The smallest absolute Gasteiger partial charge is 0.255 e. The van der Waals surface area contributed by atoms with E-state index in [0.29, 0.717) is 5.56 Å². The number of carbonyl (C=O) groups is 1. The van der Waals surface area contributed by atoms with Gasteiger partial charge in [-0.25, -0.2) is 0 Å². The van der Waals surface area contributed by atoms with Gasteiger partial charge in [0.2, 0.25) is 4.96 Å². The Labute approximate surface area is 160 Å². The van der Waals surface area contributed by atoms with Crippen LogP contribution in [0.4, 0.5) is 5.69 Å². The summed E-state index contributed by atoms with van der Waals surface area (Å²) in [5.74, 6) is 0.720. The van der Waals surface area contributed by atoms with Crippen molar-refractivity contribution in [3.05, 3.63) is 65.0 Å². The SMILES string of the molecule is CCc1nnc2sc(-c3ccc(C)c(NC(=O)c4cccc(C)c4)c3)nn12. The second kappa shape index (κ2) is 6.92. The average Bonchev–Trinajstić information content (AvgIpc) is 3.24. The fraction of sp³-hybridized carbons (Fsp3) is 0.200. The summed E-state index contributed by atoms with van der Waals surface area (Å²) in [4.78, 5) is 13.4. The van der Waals surface area contributed by atoms with Crippen LogP contribution in [0.1, 0.15) is 34.2 Å². The normalized spacial score (nSPS) is 11.1. The molecule has 6 nitrogen and oxygen atoms in total. The first-order chi connectivity index (χ1) is 13.0. The van der Waals surface area contributed by atoms with E-state index in [9.17, 15) is 4.79 Å². The lowest BCUT2D eigenvalue weighted by Gasteiger charge is -2.10. The Hall–Kier alpha value is -3.06. The Kier molecular flexibility index (Phi) is 4.45. The molecule has 2 aromatic carbocycles. The molecule has 4 rings (SSSR count). The van der Waals surface area contributed by atoms with Crippen molar-refractivity contribution in [3.8, 4) is 10.6 Å². The van der Waals surface area contributed by atoms with Crippen LogP contribution in [0.2, 0.25) is 0 Å². The molecule has 0 spiro atoms. The third-order valence-corrected chi connectivity index (χ3v) is 5.33. The molecule has 0 aliphatic carbocycles. The summed E-state index contributed by atoms with van der Waals surface area (Å²) in [6, 6.07) is 13.5. The Morgan fingerprint density at radius 3 is 2.78 bits per heavy atom. The van der Waals surface area contributed by atoms with Gasteiger partial charge in [0, 0.05) is 23.2 Å². The number of amides is 1. The van der Waals surface area contributed by atoms with Crippen LogP contribution in [-0.2, 0) is 6.42 Å². The van der Waals surface area contributed by atoms with Gasteiger partial charge in [-0.1, -0.05) is 48.1 Å². The molecule has 0 unspecified atom stereocenters. The van der Waals surface area contributed by atoms with Gasteiger partial charge >= 0.3 is 0 Å². The van der Waals surface area contributed by atoms with Gasteiger partial charge in [-0.05, 0) is 37.6 Å². The van der Waals surface area contributed by atoms with Gasteiger partial charge < -0.3 is 5.32 Å². The molecule has 4 aromatic rings. The van der Waals surface area contributed by atoms with Crippen molar-refractivity contribution in [3.63, 3.8) is 0 Å². The number of hydrogen-bond donors (Lipinski definition) is 1. The van der Waals surface area contributed by atoms with Crippen molar-refractivity contribution >= 4 is 27.9 Å². The molecule has 2 heterocycles. The molecule has 1 N–H and O–H groups in total. The summed E-state index contributed by atoms with van der Waals surface area (Å²) >= 11 is 1.48. The summed E-state index contributed by atoms with van der Waals surface area (Å²) in [6.07, 6.45) is 0.774.